The number of thioether (sulfide) groups is 1. The van der Waals surface area contributed by atoms with Crippen molar-refractivity contribution in [3.63, 3.8) is 0 Å². The Balaban J connectivity index is 1.81. The molecule has 0 aliphatic carbocycles. The maximum atomic E-state index is 13.6. The molecule has 2 aromatic rings. The zero-order chi connectivity index (χ0) is 20.5. The number of carbonyl (C=O) groups is 2. The Morgan fingerprint density at radius 1 is 1.07 bits per heavy atom. The molecule has 2 amide bonds. The number of hydrogen-bond acceptors (Lipinski definition) is 3. The van der Waals surface area contributed by atoms with Gasteiger partial charge in [-0.2, -0.15) is 11.8 Å². The van der Waals surface area contributed by atoms with Crippen molar-refractivity contribution in [3.8, 4) is 0 Å². The zero-order valence-electron chi connectivity index (χ0n) is 16.5. The molecule has 2 rings (SSSR count). The third-order valence-corrected chi connectivity index (χ3v) is 5.39. The number of halogens is 1. The lowest BCUT2D eigenvalue weighted by atomic mass is 10.0. The second kappa shape index (κ2) is 10.9. The van der Waals surface area contributed by atoms with Gasteiger partial charge < -0.3 is 10.6 Å². The quantitative estimate of drug-likeness (QED) is 0.625. The molecule has 0 bridgehead atoms. The lowest BCUT2D eigenvalue weighted by molar-refractivity contribution is -0.123. The molecular formula is C22H27FN2O2S. The van der Waals surface area contributed by atoms with Crippen LogP contribution in [-0.4, -0.2) is 30.2 Å². The van der Waals surface area contributed by atoms with Gasteiger partial charge in [-0.05, 0) is 36.1 Å². The number of rotatable bonds is 9. The van der Waals surface area contributed by atoms with Crippen molar-refractivity contribution < 1.29 is 14.0 Å². The minimum Gasteiger partial charge on any atom is -0.353 e. The van der Waals surface area contributed by atoms with Crippen LogP contribution in [0.4, 0.5) is 4.39 Å². The normalized spacial score (nSPS) is 11.9. The van der Waals surface area contributed by atoms with Crippen molar-refractivity contribution >= 4 is 23.6 Å². The van der Waals surface area contributed by atoms with Crippen molar-refractivity contribution in [3.05, 3.63) is 71.0 Å². The Hall–Kier alpha value is -2.34. The zero-order valence-corrected chi connectivity index (χ0v) is 17.3. The summed E-state index contributed by atoms with van der Waals surface area (Å²) in [5.41, 5.74) is 2.10. The van der Waals surface area contributed by atoms with Crippen LogP contribution in [0.25, 0.3) is 0 Å². The van der Waals surface area contributed by atoms with E-state index < -0.39 is 6.04 Å². The summed E-state index contributed by atoms with van der Waals surface area (Å²) in [5.74, 6) is 0.512. The predicted molar refractivity (Wildman–Crippen MR) is 113 cm³/mol. The van der Waals surface area contributed by atoms with Gasteiger partial charge >= 0.3 is 0 Å². The molecule has 0 saturated heterocycles. The minimum atomic E-state index is -0.608. The van der Waals surface area contributed by atoms with Crippen molar-refractivity contribution in [2.75, 3.05) is 12.3 Å². The number of aryl methyl sites for hydroxylation is 1. The average molecular weight is 403 g/mol. The molecule has 6 heteroatoms. The SMILES string of the molecule is Cc1ccccc1C(=O)NC(C(=O)NCCSCc1ccccc1F)C(C)C. The lowest BCUT2D eigenvalue weighted by Gasteiger charge is -2.22. The standard InChI is InChI=1S/C22H27FN2O2S/c1-15(2)20(25-21(26)18-10-6-4-8-16(18)3)22(27)24-12-13-28-14-17-9-5-7-11-19(17)23/h4-11,15,20H,12-14H2,1-3H3,(H,24,27)(H,25,26). The highest BCUT2D eigenvalue weighted by atomic mass is 32.2. The second-order valence-corrected chi connectivity index (χ2v) is 8.05. The van der Waals surface area contributed by atoms with E-state index in [0.717, 1.165) is 5.56 Å². The van der Waals surface area contributed by atoms with E-state index in [1.165, 1.54) is 6.07 Å². The van der Waals surface area contributed by atoms with Gasteiger partial charge in [0, 0.05) is 23.6 Å². The van der Waals surface area contributed by atoms with Gasteiger partial charge in [-0.3, -0.25) is 9.59 Å². The summed E-state index contributed by atoms with van der Waals surface area (Å²) in [6, 6.07) is 13.4. The fourth-order valence-electron chi connectivity index (χ4n) is 2.74. The maximum absolute atomic E-state index is 13.6. The van der Waals surface area contributed by atoms with E-state index in [1.54, 1.807) is 36.0 Å². The highest BCUT2D eigenvalue weighted by molar-refractivity contribution is 7.98. The van der Waals surface area contributed by atoms with Crippen LogP contribution in [0.2, 0.25) is 0 Å². The molecule has 0 fully saturated rings. The van der Waals surface area contributed by atoms with E-state index in [2.05, 4.69) is 10.6 Å². The first-order valence-electron chi connectivity index (χ1n) is 9.35. The minimum absolute atomic E-state index is 0.0426. The predicted octanol–water partition coefficient (Wildman–Crippen LogP) is 3.94. The fraction of sp³-hybridized carbons (Fsp3) is 0.364. The van der Waals surface area contributed by atoms with Crippen molar-refractivity contribution in [1.29, 1.82) is 0 Å². The third-order valence-electron chi connectivity index (χ3n) is 4.39. The summed E-state index contributed by atoms with van der Waals surface area (Å²) in [7, 11) is 0. The molecule has 0 aromatic heterocycles. The van der Waals surface area contributed by atoms with E-state index in [1.807, 2.05) is 39.0 Å². The van der Waals surface area contributed by atoms with E-state index in [-0.39, 0.29) is 23.5 Å². The van der Waals surface area contributed by atoms with Gasteiger partial charge in [-0.15, -0.1) is 0 Å². The topological polar surface area (TPSA) is 58.2 Å². The van der Waals surface area contributed by atoms with Crippen LogP contribution in [0.15, 0.2) is 48.5 Å². The summed E-state index contributed by atoms with van der Waals surface area (Å²) in [6.07, 6.45) is 0. The van der Waals surface area contributed by atoms with Crippen LogP contribution in [-0.2, 0) is 10.5 Å². The average Bonchev–Trinajstić information content (AvgIpc) is 2.67. The smallest absolute Gasteiger partial charge is 0.252 e. The van der Waals surface area contributed by atoms with Gasteiger partial charge in [-0.25, -0.2) is 4.39 Å². The number of benzene rings is 2. The Morgan fingerprint density at radius 3 is 2.43 bits per heavy atom. The van der Waals surface area contributed by atoms with Crippen LogP contribution in [0.5, 0.6) is 0 Å². The third kappa shape index (κ3) is 6.37. The Kier molecular flexibility index (Phi) is 8.51. The van der Waals surface area contributed by atoms with Gasteiger partial charge in [0.05, 0.1) is 0 Å². The van der Waals surface area contributed by atoms with E-state index in [4.69, 9.17) is 0 Å². The number of amides is 2. The number of nitrogens with one attached hydrogen (secondary N) is 2. The van der Waals surface area contributed by atoms with Crippen LogP contribution in [0, 0.1) is 18.7 Å². The lowest BCUT2D eigenvalue weighted by Crippen LogP contribution is -2.50. The highest BCUT2D eigenvalue weighted by Crippen LogP contribution is 2.15. The Bertz CT molecular complexity index is 811. The molecule has 2 N–H and O–H groups in total. The van der Waals surface area contributed by atoms with Gasteiger partial charge in [0.25, 0.3) is 5.91 Å². The van der Waals surface area contributed by atoms with Gasteiger partial charge in [0.2, 0.25) is 5.91 Å². The molecular weight excluding hydrogens is 375 g/mol. The van der Waals surface area contributed by atoms with Crippen LogP contribution >= 0.6 is 11.8 Å². The molecule has 2 aromatic carbocycles. The summed E-state index contributed by atoms with van der Waals surface area (Å²) < 4.78 is 13.6. The molecule has 0 saturated carbocycles. The van der Waals surface area contributed by atoms with Crippen LogP contribution < -0.4 is 10.6 Å². The molecule has 28 heavy (non-hydrogen) atoms. The Labute approximate surface area is 170 Å². The largest absolute Gasteiger partial charge is 0.353 e. The van der Waals surface area contributed by atoms with Gasteiger partial charge in [0.15, 0.2) is 0 Å². The fourth-order valence-corrected chi connectivity index (χ4v) is 3.58. The molecule has 1 atom stereocenters. The first-order valence-corrected chi connectivity index (χ1v) is 10.5. The maximum Gasteiger partial charge on any atom is 0.252 e. The van der Waals surface area contributed by atoms with E-state index >= 15 is 0 Å². The monoisotopic (exact) mass is 402 g/mol. The van der Waals surface area contributed by atoms with Crippen molar-refractivity contribution in [2.24, 2.45) is 5.92 Å². The molecule has 0 heterocycles. The molecule has 1 unspecified atom stereocenters. The summed E-state index contributed by atoms with van der Waals surface area (Å²) in [5, 5.41) is 5.71. The first kappa shape index (κ1) is 22.0. The molecule has 0 radical (unpaired) electrons. The summed E-state index contributed by atoms with van der Waals surface area (Å²) in [6.45, 7) is 6.12. The molecule has 4 nitrogen and oxygen atoms in total. The van der Waals surface area contributed by atoms with Crippen molar-refractivity contribution in [2.45, 2.75) is 32.6 Å². The summed E-state index contributed by atoms with van der Waals surface area (Å²) in [4.78, 5) is 25.0. The van der Waals surface area contributed by atoms with Crippen LogP contribution in [0.3, 0.4) is 0 Å². The van der Waals surface area contributed by atoms with Crippen molar-refractivity contribution in [1.82, 2.24) is 10.6 Å². The first-order chi connectivity index (χ1) is 13.4. The number of carbonyl (C=O) groups excluding carboxylic acids is 2. The van der Waals surface area contributed by atoms with Crippen LogP contribution in [0.1, 0.15) is 35.3 Å². The number of hydrogen-bond donors (Lipinski definition) is 2. The van der Waals surface area contributed by atoms with Gasteiger partial charge in [0.1, 0.15) is 11.9 Å². The molecule has 0 aliphatic heterocycles. The summed E-state index contributed by atoms with van der Waals surface area (Å²) >= 11 is 1.55. The highest BCUT2D eigenvalue weighted by Gasteiger charge is 2.24. The Morgan fingerprint density at radius 2 is 1.75 bits per heavy atom. The van der Waals surface area contributed by atoms with E-state index in [9.17, 15) is 14.0 Å². The second-order valence-electron chi connectivity index (χ2n) is 6.95. The van der Waals surface area contributed by atoms with Gasteiger partial charge in [-0.1, -0.05) is 50.2 Å². The molecule has 0 aliphatic rings. The van der Waals surface area contributed by atoms with E-state index in [0.29, 0.717) is 29.2 Å². The molecule has 0 spiro atoms. The molecule has 150 valence electrons.